The monoisotopic (exact) mass is 749 g/mol. The van der Waals surface area contributed by atoms with E-state index in [9.17, 15) is 14.7 Å². The van der Waals surface area contributed by atoms with Crippen molar-refractivity contribution in [3.63, 3.8) is 0 Å². The van der Waals surface area contributed by atoms with Crippen molar-refractivity contribution in [2.24, 2.45) is 11.8 Å². The van der Waals surface area contributed by atoms with Gasteiger partial charge in [0.05, 0.1) is 43.2 Å². The van der Waals surface area contributed by atoms with E-state index in [1.165, 1.54) is 12.0 Å². The van der Waals surface area contributed by atoms with Crippen LogP contribution in [0, 0.1) is 11.8 Å². The molecular formula is C44H51N3O8. The molecule has 3 aromatic carbocycles. The van der Waals surface area contributed by atoms with Crippen LogP contribution in [0.3, 0.4) is 0 Å². The lowest BCUT2D eigenvalue weighted by atomic mass is 9.70. The Morgan fingerprint density at radius 1 is 1.00 bits per heavy atom. The molecular weight excluding hydrogens is 698 g/mol. The van der Waals surface area contributed by atoms with Gasteiger partial charge in [0.25, 0.3) is 0 Å². The van der Waals surface area contributed by atoms with E-state index in [0.29, 0.717) is 24.8 Å². The zero-order chi connectivity index (χ0) is 39.0. The summed E-state index contributed by atoms with van der Waals surface area (Å²) in [6, 6.07) is 25.5. The van der Waals surface area contributed by atoms with Gasteiger partial charge in [0.2, 0.25) is 17.7 Å². The maximum Gasteiger partial charge on any atom is 0.313 e. The molecule has 0 radical (unpaired) electrons. The average Bonchev–Trinajstić information content (AvgIpc) is 3.86. The third-order valence-electron chi connectivity index (χ3n) is 11.0. The van der Waals surface area contributed by atoms with Gasteiger partial charge < -0.3 is 34.4 Å². The molecule has 2 N–H and O–H groups in total. The highest BCUT2D eigenvalue weighted by atomic mass is 16.6. The summed E-state index contributed by atoms with van der Waals surface area (Å²) in [6.45, 7) is 7.72. The van der Waals surface area contributed by atoms with Gasteiger partial charge in [0, 0.05) is 26.6 Å². The van der Waals surface area contributed by atoms with E-state index < -0.39 is 66.3 Å². The lowest BCUT2D eigenvalue weighted by Gasteiger charge is -2.39. The number of benzene rings is 3. The number of nitrogens with zero attached hydrogens (tertiary/aromatic N) is 2. The number of hydrogen-bond acceptors (Lipinski definition) is 8. The van der Waals surface area contributed by atoms with E-state index >= 15 is 9.59 Å². The van der Waals surface area contributed by atoms with E-state index in [0.717, 1.165) is 11.1 Å². The Hall–Kier alpha value is -5.10. The lowest BCUT2D eigenvalue weighted by Crippen LogP contribution is -2.59. The van der Waals surface area contributed by atoms with Crippen molar-refractivity contribution in [3.05, 3.63) is 133 Å². The van der Waals surface area contributed by atoms with Gasteiger partial charge in [-0.25, -0.2) is 0 Å². The molecule has 8 atom stereocenters. The van der Waals surface area contributed by atoms with Crippen LogP contribution in [-0.4, -0.2) is 95.3 Å². The summed E-state index contributed by atoms with van der Waals surface area (Å²) in [5.41, 5.74) is 1.08. The predicted octanol–water partition coefficient (Wildman–Crippen LogP) is 4.56. The fourth-order valence-corrected chi connectivity index (χ4v) is 8.66. The number of esters is 1. The van der Waals surface area contributed by atoms with Gasteiger partial charge in [-0.05, 0) is 42.4 Å². The zero-order valence-corrected chi connectivity index (χ0v) is 31.3. The molecule has 55 heavy (non-hydrogen) atoms. The Morgan fingerprint density at radius 2 is 1.65 bits per heavy atom. The Bertz CT molecular complexity index is 1810. The molecule has 11 heteroatoms. The molecule has 0 aliphatic carbocycles. The van der Waals surface area contributed by atoms with E-state index in [4.69, 9.17) is 14.2 Å². The molecule has 3 aliphatic heterocycles. The van der Waals surface area contributed by atoms with Gasteiger partial charge in [-0.15, -0.1) is 13.2 Å². The van der Waals surface area contributed by atoms with Crippen molar-refractivity contribution < 1.29 is 38.5 Å². The molecule has 3 aromatic rings. The van der Waals surface area contributed by atoms with E-state index in [1.807, 2.05) is 91.0 Å². The number of carbonyl (C=O) groups excluding carboxylic acids is 4. The van der Waals surface area contributed by atoms with Gasteiger partial charge in [-0.2, -0.15) is 0 Å². The number of fused-ring (bicyclic) bond motifs is 1. The van der Waals surface area contributed by atoms with E-state index in [-0.39, 0.29) is 44.4 Å². The smallest absolute Gasteiger partial charge is 0.313 e. The fraction of sp³-hybridized carbons (Fsp3) is 0.409. The number of aliphatic hydroxyl groups is 1. The molecule has 290 valence electrons. The van der Waals surface area contributed by atoms with Crippen LogP contribution >= 0.6 is 0 Å². The van der Waals surface area contributed by atoms with Gasteiger partial charge in [-0.1, -0.05) is 103 Å². The predicted molar refractivity (Wildman–Crippen MR) is 206 cm³/mol. The number of carbonyl (C=O) groups is 4. The number of rotatable bonds is 19. The van der Waals surface area contributed by atoms with Crippen molar-refractivity contribution in [3.8, 4) is 0 Å². The molecule has 3 aliphatic rings. The van der Waals surface area contributed by atoms with Crippen molar-refractivity contribution in [2.45, 2.75) is 74.6 Å². The second kappa shape index (κ2) is 18.0. The number of nitrogens with one attached hydrogen (secondary N) is 1. The van der Waals surface area contributed by atoms with Crippen molar-refractivity contribution in [2.75, 3.05) is 26.9 Å². The minimum absolute atomic E-state index is 0.0478. The second-order valence-corrected chi connectivity index (χ2v) is 14.5. The first kappa shape index (κ1) is 39.6. The summed E-state index contributed by atoms with van der Waals surface area (Å²) in [7, 11) is 1.50. The number of hydrogen-bond donors (Lipinski definition) is 2. The normalized spacial score (nSPS) is 24.0. The molecule has 6 rings (SSSR count). The Kier molecular flexibility index (Phi) is 13.0. The van der Waals surface area contributed by atoms with Crippen LogP contribution in [0.25, 0.3) is 0 Å². The maximum absolute atomic E-state index is 15.0. The van der Waals surface area contributed by atoms with E-state index in [2.05, 4.69) is 18.5 Å². The van der Waals surface area contributed by atoms with Gasteiger partial charge in [0.1, 0.15) is 17.7 Å². The number of likely N-dealkylation sites (tertiary alicyclic amines) is 1. The molecule has 3 heterocycles. The van der Waals surface area contributed by atoms with E-state index in [1.54, 1.807) is 17.1 Å². The van der Waals surface area contributed by atoms with Gasteiger partial charge in [-0.3, -0.25) is 19.2 Å². The topological polar surface area (TPSA) is 135 Å². The average molecular weight is 750 g/mol. The van der Waals surface area contributed by atoms with Crippen LogP contribution in [-0.2, 0) is 46.4 Å². The third kappa shape index (κ3) is 8.29. The number of allylic oxidation sites excluding steroid dienone is 1. The number of aliphatic hydroxyl groups excluding tert-OH is 1. The minimum Gasteiger partial charge on any atom is -0.455 e. The summed E-state index contributed by atoms with van der Waals surface area (Å²) in [5, 5.41) is 13.9. The highest BCUT2D eigenvalue weighted by Gasteiger charge is 2.75. The van der Waals surface area contributed by atoms with Gasteiger partial charge in [0.15, 0.2) is 0 Å². The van der Waals surface area contributed by atoms with Crippen LogP contribution < -0.4 is 5.32 Å². The molecule has 2 bridgehead atoms. The number of ether oxygens (including phenoxy) is 3. The van der Waals surface area contributed by atoms with Crippen molar-refractivity contribution in [1.29, 1.82) is 0 Å². The maximum atomic E-state index is 15.0. The summed E-state index contributed by atoms with van der Waals surface area (Å²) < 4.78 is 18.6. The first-order valence-electron chi connectivity index (χ1n) is 19.0. The summed E-state index contributed by atoms with van der Waals surface area (Å²) in [5.74, 6) is -3.77. The van der Waals surface area contributed by atoms with Gasteiger partial charge >= 0.3 is 5.97 Å². The van der Waals surface area contributed by atoms with Crippen LogP contribution in [0.5, 0.6) is 0 Å². The molecule has 11 nitrogen and oxygen atoms in total. The fourth-order valence-electron chi connectivity index (χ4n) is 8.66. The first-order valence-corrected chi connectivity index (χ1v) is 19.0. The molecule has 0 saturated carbocycles. The Labute approximate surface area is 322 Å². The number of amides is 3. The summed E-state index contributed by atoms with van der Waals surface area (Å²) in [6.07, 6.45) is 3.42. The van der Waals surface area contributed by atoms with Crippen LogP contribution in [0.4, 0.5) is 0 Å². The third-order valence-corrected chi connectivity index (χ3v) is 11.0. The highest BCUT2D eigenvalue weighted by Crippen LogP contribution is 2.59. The second-order valence-electron chi connectivity index (χ2n) is 14.5. The summed E-state index contributed by atoms with van der Waals surface area (Å²) >= 11 is 0. The molecule has 1 spiro atoms. The minimum atomic E-state index is -1.34. The molecule has 3 fully saturated rings. The summed E-state index contributed by atoms with van der Waals surface area (Å²) in [4.78, 5) is 60.8. The largest absolute Gasteiger partial charge is 0.455 e. The van der Waals surface area contributed by atoms with Crippen molar-refractivity contribution in [1.82, 2.24) is 15.1 Å². The lowest BCUT2D eigenvalue weighted by molar-refractivity contribution is -0.163. The van der Waals surface area contributed by atoms with Crippen LogP contribution in [0.2, 0.25) is 0 Å². The number of methoxy groups -OCH3 is 1. The molecule has 3 saturated heterocycles. The van der Waals surface area contributed by atoms with Crippen molar-refractivity contribution >= 4 is 23.7 Å². The standard InChI is InChI=1S/C44H51N3O8/c1-4-6-22-36(49)45-34(29-53-3)39(32-20-14-9-15-21-32)54-43(52)37-35-23-24-44(55-35)38(37)41(50)47(33(28-48)26-30-16-10-7-11-17-30)40(44)42(51)46(25-5-2)27-31-18-12-8-13-19-31/h4-5,7-21,33-35,37-40,48H,1-2,6,22-29H2,3H3,(H,45,49)/t33-,34+,35+,37-,38-,39+,40+,44-/m1/s1. The Morgan fingerprint density at radius 3 is 2.27 bits per heavy atom. The SMILES string of the molecule is C=CCCC(=O)N[C@@H](COC)[C@@H](OC(=O)[C@@H]1[C@@H]2CC[C@]3(O2)[C@H](C(=O)N(CC=C)Cc2ccccc2)N([C@@H](CO)Cc2ccccc2)C(=O)[C@@H]13)c1ccccc1. The Balaban J connectivity index is 1.37. The molecule has 3 amide bonds. The van der Waals surface area contributed by atoms with Crippen LogP contribution in [0.1, 0.15) is 48.5 Å². The van der Waals surface area contributed by atoms with Crippen LogP contribution in [0.15, 0.2) is 116 Å². The highest BCUT2D eigenvalue weighted by molar-refractivity contribution is 5.98. The quantitative estimate of drug-likeness (QED) is 0.135. The molecule has 0 unspecified atom stereocenters. The zero-order valence-electron chi connectivity index (χ0n) is 31.3. The first-order chi connectivity index (χ1) is 26.8. The molecule has 0 aromatic heterocycles.